The van der Waals surface area contributed by atoms with Crippen molar-refractivity contribution < 1.29 is 13.9 Å². The molecule has 0 aliphatic heterocycles. The largest absolute Gasteiger partial charge is 0.455 e. The second kappa shape index (κ2) is 4.09. The molecule has 1 fully saturated rings. The molecule has 3 heteroatoms. The molecule has 3 rings (SSSR count). The third-order valence-electron chi connectivity index (χ3n) is 4.06. The molecule has 2 nitrogen and oxygen atoms in total. The number of halogens is 1. The van der Waals surface area contributed by atoms with E-state index in [0.29, 0.717) is 24.5 Å². The van der Waals surface area contributed by atoms with Gasteiger partial charge in [0.05, 0.1) is 0 Å². The van der Waals surface area contributed by atoms with Crippen LogP contribution in [0.25, 0.3) is 11.0 Å². The van der Waals surface area contributed by atoms with Crippen LogP contribution in [0, 0.1) is 11.7 Å². The second-order valence-electron chi connectivity index (χ2n) is 5.48. The first-order chi connectivity index (χ1) is 8.58. The fourth-order valence-electron chi connectivity index (χ4n) is 2.74. The van der Waals surface area contributed by atoms with Gasteiger partial charge in [-0.1, -0.05) is 19.1 Å². The van der Waals surface area contributed by atoms with E-state index in [1.807, 2.05) is 0 Å². The van der Waals surface area contributed by atoms with Crippen LogP contribution in [0.5, 0.6) is 0 Å². The lowest BCUT2D eigenvalue weighted by molar-refractivity contribution is -0.0290. The lowest BCUT2D eigenvalue weighted by Gasteiger charge is -2.33. The minimum Gasteiger partial charge on any atom is -0.455 e. The van der Waals surface area contributed by atoms with Crippen molar-refractivity contribution >= 4 is 11.0 Å². The van der Waals surface area contributed by atoms with Gasteiger partial charge in [-0.3, -0.25) is 0 Å². The molecule has 1 aliphatic carbocycles. The molecule has 0 amide bonds. The first kappa shape index (κ1) is 11.7. The van der Waals surface area contributed by atoms with E-state index in [1.54, 1.807) is 18.2 Å². The van der Waals surface area contributed by atoms with Crippen molar-refractivity contribution in [1.82, 2.24) is 0 Å². The maximum atomic E-state index is 13.6. The standard InChI is InChI=1S/C15H17FO2/c1-10-5-7-15(17,8-6-10)13-9-11-3-2-4-12(16)14(11)18-13/h2-4,9-10,17H,5-8H2,1H3. The van der Waals surface area contributed by atoms with Gasteiger partial charge >= 0.3 is 0 Å². The number of hydrogen-bond acceptors (Lipinski definition) is 2. The number of rotatable bonds is 1. The lowest BCUT2D eigenvalue weighted by atomic mass is 9.78. The van der Waals surface area contributed by atoms with Crippen molar-refractivity contribution in [3.8, 4) is 0 Å². The summed E-state index contributed by atoms with van der Waals surface area (Å²) in [7, 11) is 0. The summed E-state index contributed by atoms with van der Waals surface area (Å²) in [5, 5.41) is 11.4. The Morgan fingerprint density at radius 3 is 2.72 bits per heavy atom. The summed E-state index contributed by atoms with van der Waals surface area (Å²) in [6, 6.07) is 6.61. The average molecular weight is 248 g/mol. The number of aliphatic hydroxyl groups is 1. The quantitative estimate of drug-likeness (QED) is 0.828. The zero-order chi connectivity index (χ0) is 12.8. The van der Waals surface area contributed by atoms with Crippen molar-refractivity contribution in [2.24, 2.45) is 5.92 Å². The second-order valence-corrected chi connectivity index (χ2v) is 5.48. The highest BCUT2D eigenvalue weighted by atomic mass is 19.1. The summed E-state index contributed by atoms with van der Waals surface area (Å²) in [6.07, 6.45) is 3.34. The highest BCUT2D eigenvalue weighted by Crippen LogP contribution is 2.41. The number of fused-ring (bicyclic) bond motifs is 1. The smallest absolute Gasteiger partial charge is 0.170 e. The van der Waals surface area contributed by atoms with Crippen molar-refractivity contribution in [1.29, 1.82) is 0 Å². The number of furan rings is 1. The number of para-hydroxylation sites is 1. The monoisotopic (exact) mass is 248 g/mol. The predicted molar refractivity (Wildman–Crippen MR) is 67.7 cm³/mol. The molecule has 0 bridgehead atoms. The summed E-state index contributed by atoms with van der Waals surface area (Å²) in [4.78, 5) is 0. The average Bonchev–Trinajstić information content (AvgIpc) is 2.79. The first-order valence-corrected chi connectivity index (χ1v) is 6.49. The predicted octanol–water partition coefficient (Wildman–Crippen LogP) is 3.97. The Kier molecular flexibility index (Phi) is 2.67. The molecule has 0 saturated heterocycles. The van der Waals surface area contributed by atoms with Crippen LogP contribution >= 0.6 is 0 Å². The summed E-state index contributed by atoms with van der Waals surface area (Å²) in [5.74, 6) is 0.785. The highest BCUT2D eigenvalue weighted by Gasteiger charge is 2.36. The normalized spacial score (nSPS) is 28.7. The lowest BCUT2D eigenvalue weighted by Crippen LogP contribution is -2.30. The zero-order valence-electron chi connectivity index (χ0n) is 10.4. The molecular formula is C15H17FO2. The third-order valence-corrected chi connectivity index (χ3v) is 4.06. The Balaban J connectivity index is 2.01. The molecule has 1 aromatic heterocycles. The molecule has 1 N–H and O–H groups in total. The summed E-state index contributed by atoms with van der Waals surface area (Å²) in [6.45, 7) is 2.19. The van der Waals surface area contributed by atoms with Crippen LogP contribution in [0.15, 0.2) is 28.7 Å². The maximum Gasteiger partial charge on any atom is 0.170 e. The zero-order valence-corrected chi connectivity index (χ0v) is 10.4. The number of hydrogen-bond donors (Lipinski definition) is 1. The van der Waals surface area contributed by atoms with Gasteiger partial charge in [-0.25, -0.2) is 4.39 Å². The molecule has 2 aromatic rings. The Hall–Kier alpha value is -1.35. The van der Waals surface area contributed by atoms with E-state index >= 15 is 0 Å². The molecule has 96 valence electrons. The SMILES string of the molecule is CC1CCC(O)(c2cc3cccc(F)c3o2)CC1. The van der Waals surface area contributed by atoms with Gasteiger partial charge in [0.25, 0.3) is 0 Å². The van der Waals surface area contributed by atoms with Gasteiger partial charge in [0.2, 0.25) is 0 Å². The molecule has 0 atom stereocenters. The van der Waals surface area contributed by atoms with Gasteiger partial charge in [0.1, 0.15) is 11.4 Å². The molecule has 1 aliphatic rings. The van der Waals surface area contributed by atoms with Gasteiger partial charge in [-0.05, 0) is 43.7 Å². The topological polar surface area (TPSA) is 33.4 Å². The van der Waals surface area contributed by atoms with Crippen LogP contribution in [-0.2, 0) is 5.60 Å². The fourth-order valence-corrected chi connectivity index (χ4v) is 2.74. The van der Waals surface area contributed by atoms with Crippen LogP contribution in [0.2, 0.25) is 0 Å². The molecule has 1 heterocycles. The molecule has 18 heavy (non-hydrogen) atoms. The highest BCUT2D eigenvalue weighted by molar-refractivity contribution is 5.78. The third kappa shape index (κ3) is 1.83. The van der Waals surface area contributed by atoms with E-state index < -0.39 is 5.60 Å². The van der Waals surface area contributed by atoms with Crippen LogP contribution in [-0.4, -0.2) is 5.11 Å². The Bertz CT molecular complexity index is 565. The van der Waals surface area contributed by atoms with E-state index in [1.165, 1.54) is 6.07 Å². The van der Waals surface area contributed by atoms with E-state index in [-0.39, 0.29) is 11.4 Å². The first-order valence-electron chi connectivity index (χ1n) is 6.49. The minimum absolute atomic E-state index is 0.250. The number of benzene rings is 1. The van der Waals surface area contributed by atoms with E-state index in [0.717, 1.165) is 18.2 Å². The van der Waals surface area contributed by atoms with Gasteiger partial charge in [0.15, 0.2) is 11.4 Å². The van der Waals surface area contributed by atoms with Crippen molar-refractivity contribution in [3.63, 3.8) is 0 Å². The van der Waals surface area contributed by atoms with Crippen molar-refractivity contribution in [2.75, 3.05) is 0 Å². The molecule has 0 unspecified atom stereocenters. The molecular weight excluding hydrogens is 231 g/mol. The van der Waals surface area contributed by atoms with Gasteiger partial charge in [0, 0.05) is 5.39 Å². The summed E-state index contributed by atoms with van der Waals surface area (Å²) in [5.41, 5.74) is -0.669. The summed E-state index contributed by atoms with van der Waals surface area (Å²) >= 11 is 0. The van der Waals surface area contributed by atoms with Gasteiger partial charge < -0.3 is 9.52 Å². The Labute approximate surface area is 105 Å². The van der Waals surface area contributed by atoms with Gasteiger partial charge in [-0.2, -0.15) is 0 Å². The van der Waals surface area contributed by atoms with Crippen LogP contribution in [0.1, 0.15) is 38.4 Å². The van der Waals surface area contributed by atoms with Crippen molar-refractivity contribution in [2.45, 2.75) is 38.2 Å². The maximum absolute atomic E-state index is 13.6. The van der Waals surface area contributed by atoms with E-state index in [9.17, 15) is 9.50 Å². The van der Waals surface area contributed by atoms with Crippen molar-refractivity contribution in [3.05, 3.63) is 35.8 Å². The molecule has 1 saturated carbocycles. The Morgan fingerprint density at radius 2 is 2.06 bits per heavy atom. The van der Waals surface area contributed by atoms with E-state index in [4.69, 9.17) is 4.42 Å². The molecule has 0 spiro atoms. The van der Waals surface area contributed by atoms with Crippen LogP contribution < -0.4 is 0 Å². The fraction of sp³-hybridized carbons (Fsp3) is 0.467. The van der Waals surface area contributed by atoms with Crippen LogP contribution in [0.4, 0.5) is 4.39 Å². The van der Waals surface area contributed by atoms with E-state index in [2.05, 4.69) is 6.92 Å². The van der Waals surface area contributed by atoms with Crippen LogP contribution in [0.3, 0.4) is 0 Å². The molecule has 1 aromatic carbocycles. The molecule has 0 radical (unpaired) electrons. The Morgan fingerprint density at radius 1 is 1.33 bits per heavy atom. The van der Waals surface area contributed by atoms with Gasteiger partial charge in [-0.15, -0.1) is 0 Å². The minimum atomic E-state index is -0.919. The summed E-state index contributed by atoms with van der Waals surface area (Å²) < 4.78 is 19.1.